The molecule has 0 radical (unpaired) electrons. The second-order valence-corrected chi connectivity index (χ2v) is 7.38. The fourth-order valence-corrected chi connectivity index (χ4v) is 4.14. The van der Waals surface area contributed by atoms with Crippen LogP contribution in [0, 0.1) is 12.7 Å². The van der Waals surface area contributed by atoms with Crippen LogP contribution >= 0.6 is 0 Å². The molecule has 2 aliphatic heterocycles. The number of hydrogen-bond acceptors (Lipinski definition) is 3. The molecule has 0 aliphatic carbocycles. The SMILES string of the molecule is Cc1oc2c(c1C(=O)N1CCCCC1)CN(Cc1cccc(F)c1)CC2. The lowest BCUT2D eigenvalue weighted by atomic mass is 10.0. The van der Waals surface area contributed by atoms with Crippen molar-refractivity contribution in [3.8, 4) is 0 Å². The lowest BCUT2D eigenvalue weighted by molar-refractivity contribution is 0.0720. The minimum absolute atomic E-state index is 0.111. The van der Waals surface area contributed by atoms with Crippen LogP contribution in [0.2, 0.25) is 0 Å². The number of likely N-dealkylation sites (tertiary alicyclic amines) is 1. The van der Waals surface area contributed by atoms with Crippen molar-refractivity contribution in [1.29, 1.82) is 0 Å². The van der Waals surface area contributed by atoms with Gasteiger partial charge in [-0.2, -0.15) is 0 Å². The topological polar surface area (TPSA) is 36.7 Å². The Morgan fingerprint density at radius 3 is 2.77 bits per heavy atom. The normalized spacial score (nSPS) is 18.0. The fourth-order valence-electron chi connectivity index (χ4n) is 4.14. The summed E-state index contributed by atoms with van der Waals surface area (Å²) in [4.78, 5) is 17.3. The van der Waals surface area contributed by atoms with Crippen molar-refractivity contribution in [2.75, 3.05) is 19.6 Å². The van der Waals surface area contributed by atoms with Gasteiger partial charge < -0.3 is 9.32 Å². The molecule has 0 bridgehead atoms. The van der Waals surface area contributed by atoms with Gasteiger partial charge in [-0.3, -0.25) is 9.69 Å². The summed E-state index contributed by atoms with van der Waals surface area (Å²) in [6, 6.07) is 6.73. The zero-order valence-corrected chi connectivity index (χ0v) is 15.3. The average molecular weight is 356 g/mol. The van der Waals surface area contributed by atoms with E-state index < -0.39 is 0 Å². The van der Waals surface area contributed by atoms with E-state index in [1.165, 1.54) is 12.5 Å². The summed E-state index contributed by atoms with van der Waals surface area (Å²) < 4.78 is 19.4. The second-order valence-electron chi connectivity index (χ2n) is 7.38. The number of carbonyl (C=O) groups is 1. The van der Waals surface area contributed by atoms with Crippen molar-refractivity contribution in [3.05, 3.63) is 58.3 Å². The Balaban J connectivity index is 1.55. The number of fused-ring (bicyclic) bond motifs is 1. The van der Waals surface area contributed by atoms with E-state index in [1.54, 1.807) is 12.1 Å². The zero-order valence-electron chi connectivity index (χ0n) is 15.3. The standard InChI is InChI=1S/C21H25FN2O2/c1-15-20(21(25)24-9-3-2-4-10-24)18-14-23(11-8-19(18)26-15)13-16-6-5-7-17(22)12-16/h5-7,12H,2-4,8-11,13-14H2,1H3. The summed E-state index contributed by atoms with van der Waals surface area (Å²) in [6.07, 6.45) is 4.15. The van der Waals surface area contributed by atoms with Gasteiger partial charge in [-0.05, 0) is 43.9 Å². The highest BCUT2D eigenvalue weighted by Gasteiger charge is 2.31. The lowest BCUT2D eigenvalue weighted by Crippen LogP contribution is -2.37. The van der Waals surface area contributed by atoms with E-state index >= 15 is 0 Å². The monoisotopic (exact) mass is 356 g/mol. The summed E-state index contributed by atoms with van der Waals surface area (Å²) >= 11 is 0. The molecular weight excluding hydrogens is 331 g/mol. The van der Waals surface area contributed by atoms with E-state index in [9.17, 15) is 9.18 Å². The van der Waals surface area contributed by atoms with Crippen LogP contribution in [-0.4, -0.2) is 35.3 Å². The largest absolute Gasteiger partial charge is 0.465 e. The molecular formula is C21H25FN2O2. The summed E-state index contributed by atoms with van der Waals surface area (Å²) in [7, 11) is 0. The molecule has 1 aromatic heterocycles. The molecule has 2 aromatic rings. The number of amides is 1. The third-order valence-corrected chi connectivity index (χ3v) is 5.46. The van der Waals surface area contributed by atoms with E-state index in [0.717, 1.165) is 67.1 Å². The summed E-state index contributed by atoms with van der Waals surface area (Å²) in [5.41, 5.74) is 2.74. The molecule has 26 heavy (non-hydrogen) atoms. The van der Waals surface area contributed by atoms with Gasteiger partial charge in [-0.1, -0.05) is 12.1 Å². The van der Waals surface area contributed by atoms with Crippen LogP contribution < -0.4 is 0 Å². The number of carbonyl (C=O) groups excluding carboxylic acids is 1. The van der Waals surface area contributed by atoms with Gasteiger partial charge in [0.05, 0.1) is 5.56 Å². The maximum absolute atomic E-state index is 13.5. The van der Waals surface area contributed by atoms with Crippen LogP contribution in [-0.2, 0) is 19.5 Å². The van der Waals surface area contributed by atoms with Crippen LogP contribution in [0.5, 0.6) is 0 Å². The van der Waals surface area contributed by atoms with Crippen molar-refractivity contribution in [2.45, 2.75) is 45.7 Å². The number of rotatable bonds is 3. The Hall–Kier alpha value is -2.14. The molecule has 1 saturated heterocycles. The van der Waals surface area contributed by atoms with Crippen LogP contribution in [0.3, 0.4) is 0 Å². The van der Waals surface area contributed by atoms with Crippen molar-refractivity contribution >= 4 is 5.91 Å². The fraction of sp³-hybridized carbons (Fsp3) is 0.476. The van der Waals surface area contributed by atoms with Crippen LogP contribution in [0.25, 0.3) is 0 Å². The summed E-state index contributed by atoms with van der Waals surface area (Å²) in [5.74, 6) is 1.58. The van der Waals surface area contributed by atoms with Crippen molar-refractivity contribution in [2.24, 2.45) is 0 Å². The quantitative estimate of drug-likeness (QED) is 0.837. The predicted molar refractivity (Wildman–Crippen MR) is 97.4 cm³/mol. The van der Waals surface area contributed by atoms with Crippen LogP contribution in [0.4, 0.5) is 4.39 Å². The minimum atomic E-state index is -0.208. The van der Waals surface area contributed by atoms with Crippen molar-refractivity contribution in [1.82, 2.24) is 9.80 Å². The van der Waals surface area contributed by atoms with Gasteiger partial charge in [0.1, 0.15) is 17.3 Å². The first-order chi connectivity index (χ1) is 12.6. The van der Waals surface area contributed by atoms with E-state index in [-0.39, 0.29) is 11.7 Å². The molecule has 0 N–H and O–H groups in total. The van der Waals surface area contributed by atoms with E-state index in [1.807, 2.05) is 17.9 Å². The summed E-state index contributed by atoms with van der Waals surface area (Å²) in [5, 5.41) is 0. The lowest BCUT2D eigenvalue weighted by Gasteiger charge is -2.29. The van der Waals surface area contributed by atoms with Gasteiger partial charge in [0.15, 0.2) is 0 Å². The Labute approximate surface area is 153 Å². The van der Waals surface area contributed by atoms with Gasteiger partial charge >= 0.3 is 0 Å². The number of benzene rings is 1. The molecule has 5 heteroatoms. The first kappa shape index (κ1) is 17.3. The zero-order chi connectivity index (χ0) is 18.1. The number of halogens is 1. The van der Waals surface area contributed by atoms with Crippen LogP contribution in [0.15, 0.2) is 28.7 Å². The van der Waals surface area contributed by atoms with Gasteiger partial charge in [-0.15, -0.1) is 0 Å². The number of nitrogens with zero attached hydrogens (tertiary/aromatic N) is 2. The third kappa shape index (κ3) is 3.40. The highest BCUT2D eigenvalue weighted by atomic mass is 19.1. The van der Waals surface area contributed by atoms with Gasteiger partial charge in [0.25, 0.3) is 5.91 Å². The maximum atomic E-state index is 13.5. The molecule has 4 rings (SSSR count). The Kier molecular flexibility index (Phi) is 4.81. The highest BCUT2D eigenvalue weighted by Crippen LogP contribution is 2.30. The van der Waals surface area contributed by atoms with Gasteiger partial charge in [0.2, 0.25) is 0 Å². The van der Waals surface area contributed by atoms with E-state index in [0.29, 0.717) is 13.1 Å². The Morgan fingerprint density at radius 1 is 1.19 bits per heavy atom. The predicted octanol–water partition coefficient (Wildman–Crippen LogP) is 3.91. The smallest absolute Gasteiger partial charge is 0.257 e. The molecule has 4 nitrogen and oxygen atoms in total. The van der Waals surface area contributed by atoms with Gasteiger partial charge in [-0.25, -0.2) is 4.39 Å². The highest BCUT2D eigenvalue weighted by molar-refractivity contribution is 5.97. The number of furan rings is 1. The minimum Gasteiger partial charge on any atom is -0.465 e. The Bertz CT molecular complexity index is 808. The Morgan fingerprint density at radius 2 is 2.00 bits per heavy atom. The van der Waals surface area contributed by atoms with Crippen LogP contribution in [0.1, 0.15) is 52.3 Å². The molecule has 1 amide bonds. The maximum Gasteiger partial charge on any atom is 0.257 e. The number of piperidine rings is 1. The number of hydrogen-bond donors (Lipinski definition) is 0. The summed E-state index contributed by atoms with van der Waals surface area (Å²) in [6.45, 7) is 5.79. The molecule has 0 unspecified atom stereocenters. The molecule has 2 aliphatic rings. The first-order valence-corrected chi connectivity index (χ1v) is 9.49. The molecule has 0 spiro atoms. The second kappa shape index (κ2) is 7.23. The molecule has 3 heterocycles. The molecule has 0 saturated carbocycles. The molecule has 0 atom stereocenters. The third-order valence-electron chi connectivity index (χ3n) is 5.46. The molecule has 138 valence electrons. The first-order valence-electron chi connectivity index (χ1n) is 9.49. The van der Waals surface area contributed by atoms with E-state index in [4.69, 9.17) is 4.42 Å². The average Bonchev–Trinajstić information content (AvgIpc) is 2.97. The van der Waals surface area contributed by atoms with Gasteiger partial charge in [0, 0.05) is 44.7 Å². The molecule has 1 aromatic carbocycles. The number of aryl methyl sites for hydroxylation is 1. The van der Waals surface area contributed by atoms with E-state index in [2.05, 4.69) is 4.90 Å². The molecule has 1 fully saturated rings. The van der Waals surface area contributed by atoms with Crippen molar-refractivity contribution in [3.63, 3.8) is 0 Å². The van der Waals surface area contributed by atoms with Crippen molar-refractivity contribution < 1.29 is 13.6 Å².